The molecule has 5 rings (SSSR count). The number of carbonyl (C=O) groups excluding carboxylic acids is 1. The molecule has 2 aromatic carbocycles. The minimum absolute atomic E-state index is 0.0555. The Balaban J connectivity index is 1.52. The van der Waals surface area contributed by atoms with Crippen molar-refractivity contribution in [1.82, 2.24) is 4.98 Å². The van der Waals surface area contributed by atoms with Gasteiger partial charge in [-0.05, 0) is 35.4 Å². The zero-order valence-electron chi connectivity index (χ0n) is 13.5. The molecular weight excluding hydrogens is 370 g/mol. The summed E-state index contributed by atoms with van der Waals surface area (Å²) in [4.78, 5) is 21.2. The van der Waals surface area contributed by atoms with Gasteiger partial charge in [0.1, 0.15) is 5.92 Å². The Labute approximate surface area is 153 Å². The Kier molecular flexibility index (Phi) is 3.29. The molecule has 6 nitrogen and oxygen atoms in total. The average Bonchev–Trinajstić information content (AvgIpc) is 3.25. The summed E-state index contributed by atoms with van der Waals surface area (Å²) in [6.45, 7) is 0. The number of nitrogens with zero attached hydrogens (tertiary/aromatic N) is 2. The molecule has 3 aromatic rings. The molecule has 1 unspecified atom stereocenters. The number of hydrogen-bond acceptors (Lipinski definition) is 6. The molecule has 3 heterocycles. The van der Waals surface area contributed by atoms with Crippen LogP contribution in [0.4, 0.5) is 11.4 Å². The van der Waals surface area contributed by atoms with E-state index in [2.05, 4.69) is 15.3 Å². The minimum atomic E-state index is -3.04. The van der Waals surface area contributed by atoms with Crippen LogP contribution in [-0.2, 0) is 26.1 Å². The predicted octanol–water partition coefficient (Wildman–Crippen LogP) is 3.16. The van der Waals surface area contributed by atoms with Crippen molar-refractivity contribution in [2.24, 2.45) is 4.99 Å². The first-order chi connectivity index (χ1) is 12.5. The van der Waals surface area contributed by atoms with Gasteiger partial charge in [0.05, 0.1) is 32.9 Å². The monoisotopic (exact) mass is 383 g/mol. The van der Waals surface area contributed by atoms with Crippen molar-refractivity contribution >= 4 is 54.9 Å². The number of nitrogens with one attached hydrogen (secondary N) is 1. The fourth-order valence-corrected chi connectivity index (χ4v) is 5.98. The summed E-state index contributed by atoms with van der Waals surface area (Å²) >= 11 is 1.50. The molecular formula is C18H13N3O3S2. The molecule has 0 saturated heterocycles. The summed E-state index contributed by atoms with van der Waals surface area (Å²) in [5, 5.41) is 2.89. The summed E-state index contributed by atoms with van der Waals surface area (Å²) in [5.41, 5.74) is 6.61. The molecule has 2 aliphatic heterocycles. The SMILES string of the molecule is O=C1Nc2ccc3ncsc3c2C1C=Nc1ccc2c(c1)CS(=O)(=O)C2. The molecule has 0 aliphatic carbocycles. The summed E-state index contributed by atoms with van der Waals surface area (Å²) in [6, 6.07) is 9.14. The Morgan fingerprint density at radius 3 is 2.92 bits per heavy atom. The highest BCUT2D eigenvalue weighted by Gasteiger charge is 2.32. The number of carbonyl (C=O) groups is 1. The molecule has 1 atom stereocenters. The standard InChI is InChI=1S/C18H13N3O3S2/c22-18-13(16-14(21-18)3-4-15-17(16)25-9-20-15)6-19-12-2-1-10-7-26(23,24)8-11(10)5-12/h1-6,9,13H,7-8H2,(H,21,22). The lowest BCUT2D eigenvalue weighted by Gasteiger charge is -2.04. The molecule has 8 heteroatoms. The van der Waals surface area contributed by atoms with Gasteiger partial charge in [-0.1, -0.05) is 6.07 Å². The normalized spacial score (nSPS) is 20.5. The third kappa shape index (κ3) is 2.45. The highest BCUT2D eigenvalue weighted by molar-refractivity contribution is 7.90. The first-order valence-corrected chi connectivity index (χ1v) is 10.7. The maximum Gasteiger partial charge on any atom is 0.237 e. The largest absolute Gasteiger partial charge is 0.325 e. The Hall–Kier alpha value is -2.58. The molecule has 26 heavy (non-hydrogen) atoms. The summed E-state index contributed by atoms with van der Waals surface area (Å²) in [5.74, 6) is -0.451. The third-order valence-corrected chi connectivity index (χ3v) is 7.08. The van der Waals surface area contributed by atoms with Gasteiger partial charge < -0.3 is 5.32 Å². The zero-order valence-corrected chi connectivity index (χ0v) is 15.1. The Morgan fingerprint density at radius 1 is 1.19 bits per heavy atom. The molecule has 0 fully saturated rings. The van der Waals surface area contributed by atoms with Crippen LogP contribution in [0.25, 0.3) is 10.2 Å². The van der Waals surface area contributed by atoms with E-state index < -0.39 is 15.8 Å². The predicted molar refractivity (Wildman–Crippen MR) is 102 cm³/mol. The fourth-order valence-electron chi connectivity index (χ4n) is 3.50. The van der Waals surface area contributed by atoms with Gasteiger partial charge in [0.2, 0.25) is 5.91 Å². The van der Waals surface area contributed by atoms with Crippen LogP contribution in [0, 0.1) is 0 Å². The van der Waals surface area contributed by atoms with Gasteiger partial charge in [-0.3, -0.25) is 9.79 Å². The van der Waals surface area contributed by atoms with Crippen LogP contribution in [0.1, 0.15) is 22.6 Å². The summed E-state index contributed by atoms with van der Waals surface area (Å²) < 4.78 is 24.5. The van der Waals surface area contributed by atoms with E-state index in [1.807, 2.05) is 12.1 Å². The molecule has 0 spiro atoms. The Morgan fingerprint density at radius 2 is 2.04 bits per heavy atom. The number of hydrogen-bond donors (Lipinski definition) is 1. The van der Waals surface area contributed by atoms with Crippen LogP contribution in [0.5, 0.6) is 0 Å². The second-order valence-electron chi connectivity index (χ2n) is 6.46. The zero-order chi connectivity index (χ0) is 17.9. The molecule has 1 amide bonds. The van der Waals surface area contributed by atoms with E-state index in [0.717, 1.165) is 32.6 Å². The number of thiazole rings is 1. The Bertz CT molecular complexity index is 1210. The van der Waals surface area contributed by atoms with Crippen LogP contribution in [0.2, 0.25) is 0 Å². The van der Waals surface area contributed by atoms with Crippen molar-refractivity contribution in [2.45, 2.75) is 17.4 Å². The topological polar surface area (TPSA) is 88.5 Å². The van der Waals surface area contributed by atoms with Crippen molar-refractivity contribution in [2.75, 3.05) is 5.32 Å². The number of aliphatic imine (C=N–C) groups is 1. The van der Waals surface area contributed by atoms with E-state index >= 15 is 0 Å². The van der Waals surface area contributed by atoms with Crippen LogP contribution in [0.15, 0.2) is 40.8 Å². The molecule has 2 aliphatic rings. The van der Waals surface area contributed by atoms with Crippen LogP contribution in [0.3, 0.4) is 0 Å². The lowest BCUT2D eigenvalue weighted by atomic mass is 10.0. The second kappa shape index (κ2) is 5.46. The smallest absolute Gasteiger partial charge is 0.237 e. The number of rotatable bonds is 2. The lowest BCUT2D eigenvalue weighted by molar-refractivity contribution is -0.115. The van der Waals surface area contributed by atoms with E-state index in [-0.39, 0.29) is 17.4 Å². The molecule has 0 saturated carbocycles. The highest BCUT2D eigenvalue weighted by atomic mass is 32.2. The molecule has 0 bridgehead atoms. The van der Waals surface area contributed by atoms with E-state index in [4.69, 9.17) is 0 Å². The van der Waals surface area contributed by atoms with E-state index in [1.165, 1.54) is 11.3 Å². The minimum Gasteiger partial charge on any atom is -0.325 e. The highest BCUT2D eigenvalue weighted by Crippen LogP contribution is 2.39. The van der Waals surface area contributed by atoms with Gasteiger partial charge in [0.25, 0.3) is 0 Å². The number of anilines is 1. The van der Waals surface area contributed by atoms with Crippen LogP contribution >= 0.6 is 11.3 Å². The number of aromatic nitrogens is 1. The number of benzene rings is 2. The van der Waals surface area contributed by atoms with Crippen molar-refractivity contribution in [3.8, 4) is 0 Å². The van der Waals surface area contributed by atoms with Gasteiger partial charge in [0, 0.05) is 17.5 Å². The summed E-state index contributed by atoms with van der Waals surface area (Å²) in [7, 11) is -3.04. The molecule has 1 N–H and O–H groups in total. The van der Waals surface area contributed by atoms with Gasteiger partial charge in [-0.15, -0.1) is 11.3 Å². The van der Waals surface area contributed by atoms with Gasteiger partial charge >= 0.3 is 0 Å². The number of amides is 1. The summed E-state index contributed by atoms with van der Waals surface area (Å²) in [6.07, 6.45) is 1.63. The average molecular weight is 383 g/mol. The van der Waals surface area contributed by atoms with E-state index in [1.54, 1.807) is 29.9 Å². The maximum atomic E-state index is 12.4. The quantitative estimate of drug-likeness (QED) is 0.689. The van der Waals surface area contributed by atoms with E-state index in [0.29, 0.717) is 5.69 Å². The van der Waals surface area contributed by atoms with Gasteiger partial charge in [-0.25, -0.2) is 13.4 Å². The maximum absolute atomic E-state index is 12.4. The van der Waals surface area contributed by atoms with Crippen LogP contribution < -0.4 is 5.32 Å². The fraction of sp³-hybridized carbons (Fsp3) is 0.167. The number of sulfone groups is 1. The third-order valence-electron chi connectivity index (χ3n) is 4.70. The van der Waals surface area contributed by atoms with Gasteiger partial charge in [-0.2, -0.15) is 0 Å². The number of fused-ring (bicyclic) bond motifs is 4. The first-order valence-electron chi connectivity index (χ1n) is 8.03. The molecule has 130 valence electrons. The van der Waals surface area contributed by atoms with Gasteiger partial charge in [0.15, 0.2) is 9.84 Å². The van der Waals surface area contributed by atoms with E-state index in [9.17, 15) is 13.2 Å². The molecule has 0 radical (unpaired) electrons. The first kappa shape index (κ1) is 15.7. The second-order valence-corrected chi connectivity index (χ2v) is 9.38. The van der Waals surface area contributed by atoms with Crippen molar-refractivity contribution in [3.63, 3.8) is 0 Å². The van der Waals surface area contributed by atoms with Crippen molar-refractivity contribution in [3.05, 3.63) is 52.5 Å². The van der Waals surface area contributed by atoms with Crippen LogP contribution in [-0.4, -0.2) is 25.5 Å². The lowest BCUT2D eigenvalue weighted by Crippen LogP contribution is -2.12. The van der Waals surface area contributed by atoms with Crippen molar-refractivity contribution in [1.29, 1.82) is 0 Å². The van der Waals surface area contributed by atoms with Crippen molar-refractivity contribution < 1.29 is 13.2 Å². The molecule has 1 aromatic heterocycles.